The molecule has 0 aliphatic carbocycles. The highest BCUT2D eigenvalue weighted by Crippen LogP contribution is 2.18. The quantitative estimate of drug-likeness (QED) is 0.920. The molecule has 1 aliphatic rings. The molecule has 4 nitrogen and oxygen atoms in total. The number of aromatic nitrogens is 1. The number of likely N-dealkylation sites (tertiary alicyclic amines) is 1. The van der Waals surface area contributed by atoms with Crippen molar-refractivity contribution in [1.82, 2.24) is 15.2 Å². The van der Waals surface area contributed by atoms with Crippen LogP contribution < -0.4 is 5.32 Å². The summed E-state index contributed by atoms with van der Waals surface area (Å²) in [4.78, 5) is 18.2. The first-order chi connectivity index (χ1) is 8.70. The first kappa shape index (κ1) is 19.4. The molecule has 20 heavy (non-hydrogen) atoms. The highest BCUT2D eigenvalue weighted by molar-refractivity contribution is 6.30. The van der Waals surface area contributed by atoms with Gasteiger partial charge in [0.2, 0.25) is 0 Å². The van der Waals surface area contributed by atoms with Gasteiger partial charge in [0.1, 0.15) is 5.69 Å². The Kier molecular flexibility index (Phi) is 9.14. The second-order valence-electron chi connectivity index (χ2n) is 4.68. The minimum atomic E-state index is 0. The summed E-state index contributed by atoms with van der Waals surface area (Å²) >= 11 is 5.77. The molecule has 0 saturated carbocycles. The largest absolute Gasteiger partial charge is 0.337 e. The number of amides is 1. The van der Waals surface area contributed by atoms with Gasteiger partial charge in [0.15, 0.2) is 0 Å². The molecule has 1 N–H and O–H groups in total. The monoisotopic (exact) mass is 339 g/mol. The number of halogens is 3. The van der Waals surface area contributed by atoms with Crippen LogP contribution in [-0.4, -0.2) is 42.5 Å². The summed E-state index contributed by atoms with van der Waals surface area (Å²) < 4.78 is 0. The van der Waals surface area contributed by atoms with Crippen molar-refractivity contribution in [2.45, 2.75) is 12.8 Å². The fourth-order valence-electron chi connectivity index (χ4n) is 2.37. The van der Waals surface area contributed by atoms with Gasteiger partial charge in [-0.2, -0.15) is 0 Å². The molecule has 0 aromatic carbocycles. The van der Waals surface area contributed by atoms with Crippen molar-refractivity contribution in [1.29, 1.82) is 0 Å². The predicted octanol–water partition coefficient (Wildman–Crippen LogP) is 2.65. The van der Waals surface area contributed by atoms with Gasteiger partial charge in [0, 0.05) is 19.3 Å². The van der Waals surface area contributed by atoms with E-state index in [1.165, 1.54) is 12.6 Å². The number of hydrogen-bond acceptors (Lipinski definition) is 3. The lowest BCUT2D eigenvalue weighted by molar-refractivity contribution is 0.0668. The van der Waals surface area contributed by atoms with Gasteiger partial charge in [-0.15, -0.1) is 24.8 Å². The molecule has 2 heterocycles. The zero-order valence-corrected chi connectivity index (χ0v) is 13.7. The number of pyridine rings is 1. The van der Waals surface area contributed by atoms with Crippen LogP contribution in [0.15, 0.2) is 18.3 Å². The lowest BCUT2D eigenvalue weighted by atomic mass is 9.98. The lowest BCUT2D eigenvalue weighted by Crippen LogP contribution is -2.42. The second-order valence-corrected chi connectivity index (χ2v) is 5.12. The van der Waals surface area contributed by atoms with Gasteiger partial charge in [-0.1, -0.05) is 11.6 Å². The van der Waals surface area contributed by atoms with Crippen LogP contribution in [0.4, 0.5) is 0 Å². The van der Waals surface area contributed by atoms with Crippen LogP contribution in [0, 0.1) is 5.92 Å². The number of carbonyl (C=O) groups excluding carboxylic acids is 1. The number of piperidine rings is 1. The van der Waals surface area contributed by atoms with E-state index < -0.39 is 0 Å². The van der Waals surface area contributed by atoms with Crippen LogP contribution in [0.3, 0.4) is 0 Å². The van der Waals surface area contributed by atoms with E-state index in [0.717, 1.165) is 26.1 Å². The molecule has 114 valence electrons. The summed E-state index contributed by atoms with van der Waals surface area (Å²) in [7, 11) is 1.95. The molecule has 1 amide bonds. The Morgan fingerprint density at radius 2 is 2.25 bits per heavy atom. The highest BCUT2D eigenvalue weighted by Gasteiger charge is 2.24. The van der Waals surface area contributed by atoms with E-state index in [1.54, 1.807) is 12.1 Å². The summed E-state index contributed by atoms with van der Waals surface area (Å²) in [5, 5.41) is 3.73. The molecule has 7 heteroatoms. The molecule has 0 radical (unpaired) electrons. The summed E-state index contributed by atoms with van der Waals surface area (Å²) in [5.74, 6) is 0.549. The third kappa shape index (κ3) is 5.09. The number of hydrogen-bond donors (Lipinski definition) is 1. The Balaban J connectivity index is 0.00000180. The van der Waals surface area contributed by atoms with Crippen LogP contribution in [0.1, 0.15) is 23.3 Å². The van der Waals surface area contributed by atoms with Gasteiger partial charge < -0.3 is 10.2 Å². The summed E-state index contributed by atoms with van der Waals surface area (Å²) in [5.41, 5.74) is 0.476. The van der Waals surface area contributed by atoms with Crippen molar-refractivity contribution >= 4 is 42.3 Å². The van der Waals surface area contributed by atoms with E-state index >= 15 is 0 Å². The van der Waals surface area contributed by atoms with Gasteiger partial charge >= 0.3 is 0 Å². The molecule has 0 bridgehead atoms. The predicted molar refractivity (Wildman–Crippen MR) is 86.3 cm³/mol. The minimum absolute atomic E-state index is 0. The Hall–Kier alpha value is -0.550. The van der Waals surface area contributed by atoms with Gasteiger partial charge in [-0.25, -0.2) is 4.98 Å². The van der Waals surface area contributed by atoms with E-state index in [1.807, 2.05) is 11.9 Å². The average Bonchev–Trinajstić information content (AvgIpc) is 2.39. The Bertz CT molecular complexity index is 412. The van der Waals surface area contributed by atoms with E-state index in [9.17, 15) is 4.79 Å². The SMILES string of the molecule is CNCC1CCCN(C(=O)c2ccc(Cl)cn2)C1.Cl.Cl. The zero-order chi connectivity index (χ0) is 13.0. The molecule has 1 fully saturated rings. The molecule has 2 rings (SSSR count). The fraction of sp³-hybridized carbons (Fsp3) is 0.538. The number of rotatable bonds is 3. The van der Waals surface area contributed by atoms with E-state index in [0.29, 0.717) is 16.6 Å². The average molecular weight is 341 g/mol. The zero-order valence-electron chi connectivity index (χ0n) is 11.3. The highest BCUT2D eigenvalue weighted by atomic mass is 35.5. The van der Waals surface area contributed by atoms with Gasteiger partial charge in [0.05, 0.1) is 5.02 Å². The Morgan fingerprint density at radius 1 is 1.50 bits per heavy atom. The minimum Gasteiger partial charge on any atom is -0.337 e. The maximum atomic E-state index is 12.3. The molecule has 0 spiro atoms. The van der Waals surface area contributed by atoms with Crippen molar-refractivity contribution in [2.24, 2.45) is 5.92 Å². The van der Waals surface area contributed by atoms with Crippen molar-refractivity contribution in [3.63, 3.8) is 0 Å². The number of carbonyl (C=O) groups is 1. The summed E-state index contributed by atoms with van der Waals surface area (Å²) in [6.07, 6.45) is 3.76. The Labute approximate surface area is 137 Å². The van der Waals surface area contributed by atoms with Crippen LogP contribution in [0.25, 0.3) is 0 Å². The van der Waals surface area contributed by atoms with Gasteiger partial charge in [-0.3, -0.25) is 4.79 Å². The second kappa shape index (κ2) is 9.40. The molecular weight excluding hydrogens is 321 g/mol. The van der Waals surface area contributed by atoms with E-state index in [-0.39, 0.29) is 30.7 Å². The lowest BCUT2D eigenvalue weighted by Gasteiger charge is -2.32. The number of nitrogens with one attached hydrogen (secondary N) is 1. The molecule has 1 aromatic rings. The van der Waals surface area contributed by atoms with Crippen LogP contribution in [-0.2, 0) is 0 Å². The molecule has 1 unspecified atom stereocenters. The fourth-order valence-corrected chi connectivity index (χ4v) is 2.48. The molecule has 1 aromatic heterocycles. The first-order valence-corrected chi connectivity index (χ1v) is 6.64. The smallest absolute Gasteiger partial charge is 0.272 e. The number of nitrogens with zero attached hydrogens (tertiary/aromatic N) is 2. The molecular formula is C13H20Cl3N3O. The topological polar surface area (TPSA) is 45.2 Å². The molecule has 1 atom stereocenters. The third-order valence-electron chi connectivity index (χ3n) is 3.25. The first-order valence-electron chi connectivity index (χ1n) is 6.26. The summed E-state index contributed by atoms with van der Waals surface area (Å²) in [6, 6.07) is 3.39. The van der Waals surface area contributed by atoms with Crippen LogP contribution in [0.2, 0.25) is 5.02 Å². The van der Waals surface area contributed by atoms with Crippen LogP contribution >= 0.6 is 36.4 Å². The van der Waals surface area contributed by atoms with E-state index in [2.05, 4.69) is 10.3 Å². The van der Waals surface area contributed by atoms with Crippen molar-refractivity contribution < 1.29 is 4.79 Å². The van der Waals surface area contributed by atoms with Crippen molar-refractivity contribution in [3.05, 3.63) is 29.0 Å². The maximum Gasteiger partial charge on any atom is 0.272 e. The molecule has 1 aliphatic heterocycles. The third-order valence-corrected chi connectivity index (χ3v) is 3.47. The van der Waals surface area contributed by atoms with Gasteiger partial charge in [-0.05, 0) is 44.5 Å². The standard InChI is InChI=1S/C13H18ClN3O.2ClH/c1-15-7-10-3-2-6-17(9-10)13(18)12-5-4-11(14)8-16-12;;/h4-5,8,10,15H,2-3,6-7,9H2,1H3;2*1H. The maximum absolute atomic E-state index is 12.3. The van der Waals surface area contributed by atoms with Crippen molar-refractivity contribution in [3.8, 4) is 0 Å². The van der Waals surface area contributed by atoms with Gasteiger partial charge in [0.25, 0.3) is 5.91 Å². The Morgan fingerprint density at radius 3 is 2.85 bits per heavy atom. The van der Waals surface area contributed by atoms with Crippen LogP contribution in [0.5, 0.6) is 0 Å². The van der Waals surface area contributed by atoms with Crippen molar-refractivity contribution in [2.75, 3.05) is 26.7 Å². The van der Waals surface area contributed by atoms with E-state index in [4.69, 9.17) is 11.6 Å². The molecule has 1 saturated heterocycles. The normalized spacial score (nSPS) is 17.9. The summed E-state index contributed by atoms with van der Waals surface area (Å²) in [6.45, 7) is 2.59.